The molecule has 9 nitrogen and oxygen atoms in total. The highest BCUT2D eigenvalue weighted by Gasteiger charge is 2.43. The lowest BCUT2D eigenvalue weighted by molar-refractivity contribution is -0.132. The van der Waals surface area contributed by atoms with E-state index in [2.05, 4.69) is 103 Å². The van der Waals surface area contributed by atoms with Gasteiger partial charge in [-0.05, 0) is 131 Å². The zero-order valence-corrected chi connectivity index (χ0v) is 32.9. The van der Waals surface area contributed by atoms with E-state index in [1.807, 2.05) is 17.3 Å². The predicted molar refractivity (Wildman–Crippen MR) is 218 cm³/mol. The Labute approximate surface area is 324 Å². The van der Waals surface area contributed by atoms with Crippen molar-refractivity contribution in [3.05, 3.63) is 94.8 Å². The maximum Gasteiger partial charge on any atom is 0.242 e. The molecule has 4 heterocycles. The van der Waals surface area contributed by atoms with Crippen molar-refractivity contribution < 1.29 is 9.59 Å². The van der Waals surface area contributed by atoms with Gasteiger partial charge in [0.2, 0.25) is 12.3 Å². The first-order chi connectivity index (χ1) is 26.5. The molecule has 55 heavy (non-hydrogen) atoms. The molecule has 2 aliphatic heterocycles. The molecule has 284 valence electrons. The number of hydrogen-bond donors (Lipinski definition) is 3. The van der Waals surface area contributed by atoms with Crippen LogP contribution in [0.15, 0.2) is 60.9 Å². The Hall–Kier alpha value is -5.02. The van der Waals surface area contributed by atoms with E-state index in [4.69, 9.17) is 9.97 Å². The number of nitrogens with one attached hydrogen (secondary N) is 3. The molecule has 2 atom stereocenters. The van der Waals surface area contributed by atoms with E-state index in [1.165, 1.54) is 56.5 Å². The fourth-order valence-electron chi connectivity index (χ4n) is 10.4. The Bertz CT molecular complexity index is 2260. The summed E-state index contributed by atoms with van der Waals surface area (Å²) in [6, 6.07) is 18.6. The van der Waals surface area contributed by atoms with Crippen LogP contribution in [0.3, 0.4) is 0 Å². The minimum absolute atomic E-state index is 0.00892. The van der Waals surface area contributed by atoms with Gasteiger partial charge in [-0.25, -0.2) is 9.97 Å². The molecule has 4 aliphatic rings. The number of benzene rings is 3. The highest BCUT2D eigenvalue weighted by molar-refractivity contribution is 5.88. The lowest BCUT2D eigenvalue weighted by Gasteiger charge is -2.30. The van der Waals surface area contributed by atoms with Crippen LogP contribution >= 0.6 is 0 Å². The van der Waals surface area contributed by atoms with Gasteiger partial charge in [-0.1, -0.05) is 76.2 Å². The van der Waals surface area contributed by atoms with Gasteiger partial charge in [-0.2, -0.15) is 0 Å². The number of imidazole rings is 2. The molecule has 2 aromatic heterocycles. The monoisotopic (exact) mass is 735 g/mol. The molecule has 2 aliphatic carbocycles. The molecule has 9 rings (SSSR count). The van der Waals surface area contributed by atoms with Gasteiger partial charge in [-0.15, -0.1) is 0 Å². The number of aromatic nitrogens is 4. The number of aromatic amines is 2. The Morgan fingerprint density at radius 3 is 1.71 bits per heavy atom. The smallest absolute Gasteiger partial charge is 0.242 e. The predicted octanol–water partition coefficient (Wildman–Crippen LogP) is 8.42. The number of likely N-dealkylation sites (tertiary alicyclic amines) is 2. The third-order valence-electron chi connectivity index (χ3n) is 13.3. The molecule has 9 heteroatoms. The molecule has 0 spiro atoms. The van der Waals surface area contributed by atoms with E-state index in [1.54, 1.807) is 0 Å². The van der Waals surface area contributed by atoms with Gasteiger partial charge < -0.3 is 20.2 Å². The van der Waals surface area contributed by atoms with Crippen LogP contribution in [0.4, 0.5) is 0 Å². The lowest BCUT2D eigenvalue weighted by atomic mass is 9.73. The van der Waals surface area contributed by atoms with Crippen molar-refractivity contribution in [2.75, 3.05) is 26.7 Å². The summed E-state index contributed by atoms with van der Waals surface area (Å²) in [7, 11) is 2.20. The molecule has 2 fully saturated rings. The number of carbonyl (C=O) groups excluding carboxylic acids is 2. The van der Waals surface area contributed by atoms with Crippen molar-refractivity contribution in [2.24, 2.45) is 0 Å². The summed E-state index contributed by atoms with van der Waals surface area (Å²) in [4.78, 5) is 44.5. The first-order valence-electron chi connectivity index (χ1n) is 20.2. The number of nitrogens with zero attached hydrogens (tertiary/aromatic N) is 4. The second-order valence-corrected chi connectivity index (χ2v) is 17.6. The van der Waals surface area contributed by atoms with Gasteiger partial charge >= 0.3 is 0 Å². The van der Waals surface area contributed by atoms with Crippen molar-refractivity contribution in [3.63, 3.8) is 0 Å². The maximum absolute atomic E-state index is 12.8. The van der Waals surface area contributed by atoms with E-state index in [-0.39, 0.29) is 29.3 Å². The minimum atomic E-state index is -0.110. The minimum Gasteiger partial charge on any atom is -0.350 e. The molecule has 3 aromatic carbocycles. The number of amides is 2. The highest BCUT2D eigenvalue weighted by Crippen LogP contribution is 2.56. The van der Waals surface area contributed by atoms with Crippen molar-refractivity contribution >= 4 is 12.3 Å². The van der Waals surface area contributed by atoms with Crippen LogP contribution in [0.2, 0.25) is 0 Å². The zero-order chi connectivity index (χ0) is 38.1. The fraction of sp³-hybridized carbons (Fsp3) is 0.435. The van der Waals surface area contributed by atoms with Gasteiger partial charge in [-0.3, -0.25) is 14.5 Å². The normalized spacial score (nSPS) is 21.2. The number of H-pyrrole nitrogens is 2. The third-order valence-corrected chi connectivity index (χ3v) is 13.3. The largest absolute Gasteiger partial charge is 0.350 e. The van der Waals surface area contributed by atoms with Gasteiger partial charge in [0.25, 0.3) is 0 Å². The van der Waals surface area contributed by atoms with E-state index < -0.39 is 0 Å². The fourth-order valence-corrected chi connectivity index (χ4v) is 10.4. The molecular formula is C46H53N7O2. The molecule has 0 radical (unpaired) electrons. The molecule has 3 N–H and O–H groups in total. The van der Waals surface area contributed by atoms with E-state index >= 15 is 0 Å². The van der Waals surface area contributed by atoms with Gasteiger partial charge in [0.1, 0.15) is 11.6 Å². The Morgan fingerprint density at radius 1 is 0.745 bits per heavy atom. The summed E-state index contributed by atoms with van der Waals surface area (Å²) in [5.41, 5.74) is 16.0. The van der Waals surface area contributed by atoms with Crippen LogP contribution < -0.4 is 5.32 Å². The van der Waals surface area contributed by atoms with Crippen molar-refractivity contribution in [1.29, 1.82) is 0 Å². The van der Waals surface area contributed by atoms with Crippen LogP contribution in [0.5, 0.6) is 0 Å². The number of fused-ring (bicyclic) bond motifs is 2. The Morgan fingerprint density at radius 2 is 1.22 bits per heavy atom. The van der Waals surface area contributed by atoms with Crippen LogP contribution in [-0.4, -0.2) is 68.7 Å². The van der Waals surface area contributed by atoms with Gasteiger partial charge in [0.15, 0.2) is 0 Å². The maximum atomic E-state index is 12.8. The SMILES string of the molecule is CN1CCCC1c1ncc(-c2ccc(-c3c4c(c(-c5ccc(-c6cnc(C7CCCN7C(=O)CNC=O)[nH]6)cc5)c5c3C(C)(C)CC5)C(C)(C)CC4)cc2)[nH]1. The average Bonchev–Trinajstić information content (AvgIpc) is 4.04. The van der Waals surface area contributed by atoms with Crippen molar-refractivity contribution in [2.45, 2.75) is 102 Å². The van der Waals surface area contributed by atoms with Crippen LogP contribution in [0, 0.1) is 0 Å². The Balaban J connectivity index is 1.06. The Kier molecular flexibility index (Phi) is 8.83. The van der Waals surface area contributed by atoms with Crippen molar-refractivity contribution in [1.82, 2.24) is 35.1 Å². The molecule has 2 unspecified atom stereocenters. The third kappa shape index (κ3) is 6.11. The summed E-state index contributed by atoms with van der Waals surface area (Å²) in [5.74, 6) is 1.79. The molecule has 2 saturated heterocycles. The topological polar surface area (TPSA) is 110 Å². The van der Waals surface area contributed by atoms with Gasteiger partial charge in [0, 0.05) is 6.54 Å². The van der Waals surface area contributed by atoms with E-state index in [0.29, 0.717) is 19.0 Å². The van der Waals surface area contributed by atoms with E-state index in [9.17, 15) is 9.59 Å². The molecule has 2 amide bonds. The lowest BCUT2D eigenvalue weighted by Crippen LogP contribution is -2.37. The summed E-state index contributed by atoms with van der Waals surface area (Å²) in [6.07, 6.45) is 13.0. The first-order valence-corrected chi connectivity index (χ1v) is 20.2. The molecule has 0 bridgehead atoms. The second-order valence-electron chi connectivity index (χ2n) is 17.6. The first kappa shape index (κ1) is 35.7. The highest BCUT2D eigenvalue weighted by atomic mass is 16.2. The summed E-state index contributed by atoms with van der Waals surface area (Å²) in [6.45, 7) is 11.6. The summed E-state index contributed by atoms with van der Waals surface area (Å²) >= 11 is 0. The second kappa shape index (κ2) is 13.6. The standard InChI is InChI=1S/C46H53N7O2/c1-45(2)21-19-33-40(31-16-12-29(13-17-31)35-25-49-44(51-35)37-9-7-23-53(37)38(55)26-47-27-54)42-32(18-20-46(42,3)4)39(41(33)45)30-14-10-28(11-15-30)34-24-48-43(50-34)36-8-6-22-52(36)5/h10-17,24-25,27,36-37H,6-9,18-23,26H2,1-5H3,(H,47,54)(H,48,50)(H,49,51). The number of hydrogen-bond acceptors (Lipinski definition) is 5. The van der Waals surface area contributed by atoms with Crippen LogP contribution in [0.1, 0.15) is 112 Å². The van der Waals surface area contributed by atoms with Crippen molar-refractivity contribution in [3.8, 4) is 44.8 Å². The molecular weight excluding hydrogens is 683 g/mol. The number of carbonyl (C=O) groups is 2. The zero-order valence-electron chi connectivity index (χ0n) is 32.9. The van der Waals surface area contributed by atoms with Gasteiger partial charge in [0.05, 0.1) is 42.4 Å². The van der Waals surface area contributed by atoms with E-state index in [0.717, 1.165) is 80.1 Å². The molecule has 5 aromatic rings. The van der Waals surface area contributed by atoms with Crippen LogP contribution in [-0.2, 0) is 33.3 Å². The number of rotatable bonds is 9. The summed E-state index contributed by atoms with van der Waals surface area (Å²) < 4.78 is 0. The summed E-state index contributed by atoms with van der Waals surface area (Å²) in [5, 5.41) is 2.51. The average molecular weight is 736 g/mol. The quantitative estimate of drug-likeness (QED) is 0.132. The molecule has 0 saturated carbocycles. The van der Waals surface area contributed by atoms with Crippen LogP contribution in [0.25, 0.3) is 44.8 Å².